The Morgan fingerprint density at radius 3 is 2.83 bits per heavy atom. The Hall–Kier alpha value is -2.17. The van der Waals surface area contributed by atoms with Crippen LogP contribution in [0, 0.1) is 5.92 Å². The molecule has 0 fully saturated rings. The maximum absolute atomic E-state index is 12.9. The fraction of sp³-hybridized carbons (Fsp3) is 0.526. The summed E-state index contributed by atoms with van der Waals surface area (Å²) in [6, 6.07) is 8.44. The lowest BCUT2D eigenvalue weighted by atomic mass is 9.83. The minimum absolute atomic E-state index is 0.0573. The average Bonchev–Trinajstić information content (AvgIpc) is 3.06. The topological polar surface area (TPSA) is 59.2 Å². The van der Waals surface area contributed by atoms with Crippen molar-refractivity contribution >= 4 is 5.91 Å². The number of carbonyl (C=O) groups excluding carboxylic acids is 1. The molecule has 1 atom stereocenters. The van der Waals surface area contributed by atoms with Gasteiger partial charge in [-0.15, -0.1) is 0 Å². The molecule has 3 rings (SSSR count). The molecule has 1 aromatic carbocycles. The van der Waals surface area contributed by atoms with E-state index in [4.69, 9.17) is 4.52 Å². The normalized spacial score (nSPS) is 16.7. The maximum Gasteiger partial charge on any atom is 0.226 e. The second kappa shape index (κ2) is 7.60. The summed E-state index contributed by atoms with van der Waals surface area (Å²) in [6.45, 7) is 5.17. The maximum atomic E-state index is 12.9. The number of carbonyl (C=O) groups is 1. The van der Waals surface area contributed by atoms with Gasteiger partial charge in [0, 0.05) is 18.9 Å². The number of aromatic nitrogens is 2. The zero-order valence-electron chi connectivity index (χ0n) is 14.5. The molecule has 0 saturated carbocycles. The molecule has 2 aromatic rings. The van der Waals surface area contributed by atoms with Crippen molar-refractivity contribution in [2.45, 2.75) is 52.5 Å². The third kappa shape index (κ3) is 3.66. The van der Waals surface area contributed by atoms with E-state index in [0.29, 0.717) is 24.8 Å². The lowest BCUT2D eigenvalue weighted by molar-refractivity contribution is -0.136. The van der Waals surface area contributed by atoms with Gasteiger partial charge < -0.3 is 9.42 Å². The van der Waals surface area contributed by atoms with Crippen molar-refractivity contribution in [2.24, 2.45) is 5.92 Å². The Balaban J connectivity index is 1.66. The van der Waals surface area contributed by atoms with E-state index < -0.39 is 0 Å². The summed E-state index contributed by atoms with van der Waals surface area (Å²) in [7, 11) is 0. The average molecular weight is 327 g/mol. The second-order valence-electron chi connectivity index (χ2n) is 6.42. The zero-order valence-corrected chi connectivity index (χ0v) is 14.5. The van der Waals surface area contributed by atoms with Crippen LogP contribution in [0.3, 0.4) is 0 Å². The van der Waals surface area contributed by atoms with Crippen LogP contribution in [0.25, 0.3) is 0 Å². The van der Waals surface area contributed by atoms with Crippen LogP contribution in [-0.4, -0.2) is 27.5 Å². The summed E-state index contributed by atoms with van der Waals surface area (Å²) < 4.78 is 5.22. The van der Waals surface area contributed by atoms with Crippen molar-refractivity contribution < 1.29 is 9.32 Å². The third-order valence-electron chi connectivity index (χ3n) is 4.70. The number of amides is 1. The minimum atomic E-state index is 0.0573. The van der Waals surface area contributed by atoms with E-state index in [9.17, 15) is 4.79 Å². The van der Waals surface area contributed by atoms with Crippen LogP contribution >= 0.6 is 0 Å². The number of benzene rings is 1. The number of hydrogen-bond acceptors (Lipinski definition) is 4. The molecule has 0 spiro atoms. The molecule has 1 heterocycles. The van der Waals surface area contributed by atoms with Gasteiger partial charge in [0.25, 0.3) is 0 Å². The highest BCUT2D eigenvalue weighted by molar-refractivity contribution is 5.79. The molecule has 0 bridgehead atoms. The first-order chi connectivity index (χ1) is 11.7. The molecule has 5 heteroatoms. The van der Waals surface area contributed by atoms with Gasteiger partial charge in [-0.25, -0.2) is 0 Å². The highest BCUT2D eigenvalue weighted by Crippen LogP contribution is 2.27. The highest BCUT2D eigenvalue weighted by atomic mass is 16.5. The molecule has 0 N–H and O–H groups in total. The molecule has 0 radical (unpaired) electrons. The van der Waals surface area contributed by atoms with Gasteiger partial charge in [0.05, 0.1) is 6.54 Å². The van der Waals surface area contributed by atoms with Crippen molar-refractivity contribution in [2.75, 3.05) is 6.54 Å². The van der Waals surface area contributed by atoms with Crippen LogP contribution in [-0.2, 0) is 30.6 Å². The van der Waals surface area contributed by atoms with Crippen molar-refractivity contribution in [1.82, 2.24) is 15.0 Å². The highest BCUT2D eigenvalue weighted by Gasteiger charge is 2.28. The number of nitrogens with zero attached hydrogens (tertiary/aromatic N) is 3. The quantitative estimate of drug-likeness (QED) is 0.817. The van der Waals surface area contributed by atoms with Gasteiger partial charge in [0.15, 0.2) is 5.82 Å². The molecular weight excluding hydrogens is 302 g/mol. The Morgan fingerprint density at radius 1 is 1.29 bits per heavy atom. The van der Waals surface area contributed by atoms with E-state index in [2.05, 4.69) is 41.3 Å². The molecule has 5 nitrogen and oxygen atoms in total. The first kappa shape index (κ1) is 16.7. The van der Waals surface area contributed by atoms with E-state index in [1.165, 1.54) is 11.1 Å². The van der Waals surface area contributed by atoms with Crippen LogP contribution < -0.4 is 0 Å². The first-order valence-corrected chi connectivity index (χ1v) is 8.88. The summed E-state index contributed by atoms with van der Waals surface area (Å²) >= 11 is 0. The monoisotopic (exact) mass is 327 g/mol. The van der Waals surface area contributed by atoms with Crippen LogP contribution in [0.5, 0.6) is 0 Å². The molecular formula is C19H25N3O2. The van der Waals surface area contributed by atoms with Crippen LogP contribution in [0.4, 0.5) is 0 Å². The van der Waals surface area contributed by atoms with E-state index in [1.807, 2.05) is 11.8 Å². The molecule has 1 aromatic heterocycles. The third-order valence-corrected chi connectivity index (χ3v) is 4.70. The summed E-state index contributed by atoms with van der Waals surface area (Å²) in [4.78, 5) is 19.1. The SMILES string of the molecule is CCCc1nc(CN(CC)C(=O)C2CCc3ccccc3C2)no1. The summed E-state index contributed by atoms with van der Waals surface area (Å²) in [5, 5.41) is 4.01. The van der Waals surface area contributed by atoms with Gasteiger partial charge in [-0.2, -0.15) is 4.98 Å². The number of rotatable bonds is 6. The largest absolute Gasteiger partial charge is 0.339 e. The first-order valence-electron chi connectivity index (χ1n) is 8.88. The van der Waals surface area contributed by atoms with Crippen molar-refractivity contribution in [3.05, 3.63) is 47.1 Å². The molecule has 1 aliphatic carbocycles. The van der Waals surface area contributed by atoms with E-state index in [0.717, 1.165) is 32.1 Å². The standard InChI is InChI=1S/C19H25N3O2/c1-3-7-18-20-17(21-24-18)13-22(4-2)19(23)16-11-10-14-8-5-6-9-15(14)12-16/h5-6,8-9,16H,3-4,7,10-13H2,1-2H3. The molecule has 0 aliphatic heterocycles. The van der Waals surface area contributed by atoms with Crippen LogP contribution in [0.1, 0.15) is 49.5 Å². The Labute approximate surface area is 143 Å². The van der Waals surface area contributed by atoms with Gasteiger partial charge in [0.1, 0.15) is 0 Å². The smallest absolute Gasteiger partial charge is 0.226 e. The van der Waals surface area contributed by atoms with Gasteiger partial charge in [-0.3, -0.25) is 4.79 Å². The predicted octanol–water partition coefficient (Wildman–Crippen LogP) is 3.18. The van der Waals surface area contributed by atoms with E-state index >= 15 is 0 Å². The zero-order chi connectivity index (χ0) is 16.9. The van der Waals surface area contributed by atoms with E-state index in [1.54, 1.807) is 0 Å². The van der Waals surface area contributed by atoms with Crippen LogP contribution in [0.2, 0.25) is 0 Å². The Morgan fingerprint density at radius 2 is 2.08 bits per heavy atom. The number of hydrogen-bond donors (Lipinski definition) is 0. The van der Waals surface area contributed by atoms with Gasteiger partial charge in [-0.05, 0) is 43.7 Å². The van der Waals surface area contributed by atoms with Crippen molar-refractivity contribution in [1.29, 1.82) is 0 Å². The molecule has 24 heavy (non-hydrogen) atoms. The fourth-order valence-corrected chi connectivity index (χ4v) is 3.35. The fourth-order valence-electron chi connectivity index (χ4n) is 3.35. The molecule has 0 saturated heterocycles. The molecule has 1 aliphatic rings. The molecule has 1 unspecified atom stereocenters. The Kier molecular flexibility index (Phi) is 5.28. The lowest BCUT2D eigenvalue weighted by Gasteiger charge is -2.29. The number of fused-ring (bicyclic) bond motifs is 1. The molecule has 128 valence electrons. The van der Waals surface area contributed by atoms with Gasteiger partial charge >= 0.3 is 0 Å². The Bertz CT molecular complexity index is 695. The number of aryl methyl sites for hydroxylation is 2. The summed E-state index contributed by atoms with van der Waals surface area (Å²) in [6.07, 6.45) is 4.48. The van der Waals surface area contributed by atoms with Crippen molar-refractivity contribution in [3.8, 4) is 0 Å². The van der Waals surface area contributed by atoms with Gasteiger partial charge in [0.2, 0.25) is 11.8 Å². The second-order valence-corrected chi connectivity index (χ2v) is 6.42. The summed E-state index contributed by atoms with van der Waals surface area (Å²) in [5.41, 5.74) is 2.69. The van der Waals surface area contributed by atoms with Crippen LogP contribution in [0.15, 0.2) is 28.8 Å². The van der Waals surface area contributed by atoms with Crippen molar-refractivity contribution in [3.63, 3.8) is 0 Å². The summed E-state index contributed by atoms with van der Waals surface area (Å²) in [5.74, 6) is 1.52. The molecule has 1 amide bonds. The van der Waals surface area contributed by atoms with E-state index in [-0.39, 0.29) is 11.8 Å². The minimum Gasteiger partial charge on any atom is -0.339 e. The lowest BCUT2D eigenvalue weighted by Crippen LogP contribution is -2.38. The predicted molar refractivity (Wildman–Crippen MR) is 91.3 cm³/mol. The van der Waals surface area contributed by atoms with Gasteiger partial charge in [-0.1, -0.05) is 36.3 Å².